The van der Waals surface area contributed by atoms with E-state index in [0.29, 0.717) is 0 Å². The average molecular weight is 240 g/mol. The third kappa shape index (κ3) is 3.78. The Balaban J connectivity index is 2.73. The lowest BCUT2D eigenvalue weighted by Crippen LogP contribution is -2.50. The molecule has 0 aliphatic carbocycles. The number of aryl methyl sites for hydroxylation is 1. The smallest absolute Gasteiger partial charge is 0.138 e. The van der Waals surface area contributed by atoms with Gasteiger partial charge in [0.15, 0.2) is 0 Å². The van der Waals surface area contributed by atoms with Crippen LogP contribution in [-0.2, 0) is 18.2 Å². The third-order valence-electron chi connectivity index (χ3n) is 3.20. The summed E-state index contributed by atoms with van der Waals surface area (Å²) in [6.45, 7) is 7.33. The Morgan fingerprint density at radius 1 is 1.53 bits per heavy atom. The lowest BCUT2D eigenvalue weighted by molar-refractivity contribution is -0.0107. The van der Waals surface area contributed by atoms with Crippen molar-refractivity contribution in [3.05, 3.63) is 12.2 Å². The lowest BCUT2D eigenvalue weighted by Gasteiger charge is -2.33. The third-order valence-corrected chi connectivity index (χ3v) is 3.20. The van der Waals surface area contributed by atoms with Crippen LogP contribution in [0.5, 0.6) is 0 Å². The van der Waals surface area contributed by atoms with Crippen molar-refractivity contribution in [2.45, 2.75) is 45.3 Å². The quantitative estimate of drug-likeness (QED) is 0.777. The van der Waals surface area contributed by atoms with Crippen molar-refractivity contribution in [3.8, 4) is 0 Å². The summed E-state index contributed by atoms with van der Waals surface area (Å²) in [6.07, 6.45) is 3.51. The molecule has 0 aromatic carbocycles. The molecule has 0 spiro atoms. The van der Waals surface area contributed by atoms with Crippen LogP contribution in [-0.4, -0.2) is 40.1 Å². The Morgan fingerprint density at radius 2 is 2.24 bits per heavy atom. The Bertz CT molecular complexity index is 335. The first-order valence-electron chi connectivity index (χ1n) is 6.12. The molecule has 1 rings (SSSR count). The molecule has 1 aromatic heterocycles. The molecule has 98 valence electrons. The highest BCUT2D eigenvalue weighted by atomic mass is 16.5. The van der Waals surface area contributed by atoms with Crippen LogP contribution in [0.25, 0.3) is 0 Å². The van der Waals surface area contributed by atoms with Crippen molar-refractivity contribution >= 4 is 0 Å². The van der Waals surface area contributed by atoms with Crippen molar-refractivity contribution in [2.24, 2.45) is 7.05 Å². The number of rotatable bonds is 7. The van der Waals surface area contributed by atoms with Crippen molar-refractivity contribution in [1.29, 1.82) is 0 Å². The van der Waals surface area contributed by atoms with E-state index in [9.17, 15) is 0 Å². The van der Waals surface area contributed by atoms with Crippen LogP contribution in [0.4, 0.5) is 0 Å². The van der Waals surface area contributed by atoms with E-state index < -0.39 is 0 Å². The Labute approximate surface area is 104 Å². The molecule has 1 atom stereocenters. The number of ether oxygens (including phenoxy) is 1. The van der Waals surface area contributed by atoms with Crippen LogP contribution in [0.3, 0.4) is 0 Å². The summed E-state index contributed by atoms with van der Waals surface area (Å²) in [4.78, 5) is 4.27. The molecule has 5 nitrogen and oxygen atoms in total. The predicted molar refractivity (Wildman–Crippen MR) is 67.9 cm³/mol. The first-order valence-corrected chi connectivity index (χ1v) is 6.12. The molecule has 0 fully saturated rings. The lowest BCUT2D eigenvalue weighted by atomic mass is 9.95. The highest BCUT2D eigenvalue weighted by Gasteiger charge is 2.29. The molecule has 1 unspecified atom stereocenters. The van der Waals surface area contributed by atoms with Crippen LogP contribution < -0.4 is 5.32 Å². The number of methoxy groups -OCH3 is 1. The van der Waals surface area contributed by atoms with Gasteiger partial charge < -0.3 is 10.1 Å². The van der Waals surface area contributed by atoms with Crippen LogP contribution in [0, 0.1) is 0 Å². The molecule has 0 radical (unpaired) electrons. The molecule has 5 heteroatoms. The van der Waals surface area contributed by atoms with Gasteiger partial charge in [-0.1, -0.05) is 6.92 Å². The first-order chi connectivity index (χ1) is 8.01. The minimum absolute atomic E-state index is 0.221. The highest BCUT2D eigenvalue weighted by Crippen LogP contribution is 2.17. The Hall–Kier alpha value is -0.940. The van der Waals surface area contributed by atoms with E-state index in [1.54, 1.807) is 13.4 Å². The molecule has 0 aliphatic rings. The van der Waals surface area contributed by atoms with E-state index in [1.807, 2.05) is 11.7 Å². The van der Waals surface area contributed by atoms with Gasteiger partial charge in [-0.2, -0.15) is 5.10 Å². The molecule has 0 aliphatic heterocycles. The normalized spacial score (nSPS) is 13.9. The van der Waals surface area contributed by atoms with E-state index in [2.05, 4.69) is 36.2 Å². The molecule has 0 bridgehead atoms. The topological polar surface area (TPSA) is 52.0 Å². The number of nitrogens with zero attached hydrogens (tertiary/aromatic N) is 3. The largest absolute Gasteiger partial charge is 0.377 e. The maximum absolute atomic E-state index is 5.57. The number of hydrogen-bond acceptors (Lipinski definition) is 4. The molecule has 0 saturated carbocycles. The van der Waals surface area contributed by atoms with E-state index in [0.717, 1.165) is 25.2 Å². The van der Waals surface area contributed by atoms with Gasteiger partial charge in [0.2, 0.25) is 0 Å². The van der Waals surface area contributed by atoms with Crippen molar-refractivity contribution in [2.75, 3.05) is 13.7 Å². The summed E-state index contributed by atoms with van der Waals surface area (Å²) in [7, 11) is 3.66. The summed E-state index contributed by atoms with van der Waals surface area (Å²) in [5.41, 5.74) is -0.221. The predicted octanol–water partition coefficient (Wildman–Crippen LogP) is 1.15. The zero-order chi connectivity index (χ0) is 12.9. The molecule has 0 saturated heterocycles. The number of aromatic nitrogens is 3. The van der Waals surface area contributed by atoms with Crippen LogP contribution in [0.1, 0.15) is 33.0 Å². The highest BCUT2D eigenvalue weighted by molar-refractivity contribution is 4.96. The fourth-order valence-corrected chi connectivity index (χ4v) is 1.71. The van der Waals surface area contributed by atoms with Crippen molar-refractivity contribution < 1.29 is 4.74 Å². The minimum atomic E-state index is -0.221. The molecule has 17 heavy (non-hydrogen) atoms. The average Bonchev–Trinajstić information content (AvgIpc) is 2.70. The summed E-state index contributed by atoms with van der Waals surface area (Å²) < 4.78 is 7.38. The Morgan fingerprint density at radius 3 is 2.71 bits per heavy atom. The van der Waals surface area contributed by atoms with Gasteiger partial charge in [-0.15, -0.1) is 0 Å². The van der Waals surface area contributed by atoms with E-state index in [-0.39, 0.29) is 11.6 Å². The molecule has 0 amide bonds. The van der Waals surface area contributed by atoms with Crippen molar-refractivity contribution in [3.63, 3.8) is 0 Å². The standard InChI is InChI=1S/C12H24N4O/c1-6-7-13-10(12(2,3)17-5)8-11-14-9-15-16(11)4/h9-10,13H,6-8H2,1-5H3. The fourth-order valence-electron chi connectivity index (χ4n) is 1.71. The van der Waals surface area contributed by atoms with Gasteiger partial charge in [-0.05, 0) is 26.8 Å². The van der Waals surface area contributed by atoms with Gasteiger partial charge in [-0.3, -0.25) is 4.68 Å². The van der Waals surface area contributed by atoms with Gasteiger partial charge in [0.05, 0.1) is 5.60 Å². The van der Waals surface area contributed by atoms with Crippen LogP contribution in [0.15, 0.2) is 6.33 Å². The van der Waals surface area contributed by atoms with E-state index in [1.165, 1.54) is 0 Å². The molecule has 1 aromatic rings. The van der Waals surface area contributed by atoms with E-state index >= 15 is 0 Å². The van der Waals surface area contributed by atoms with Gasteiger partial charge in [0, 0.05) is 26.6 Å². The molecule has 1 heterocycles. The van der Waals surface area contributed by atoms with Crippen LogP contribution >= 0.6 is 0 Å². The number of nitrogens with one attached hydrogen (secondary N) is 1. The monoisotopic (exact) mass is 240 g/mol. The summed E-state index contributed by atoms with van der Waals surface area (Å²) >= 11 is 0. The maximum Gasteiger partial charge on any atom is 0.138 e. The minimum Gasteiger partial charge on any atom is -0.377 e. The fraction of sp³-hybridized carbons (Fsp3) is 0.833. The molecular formula is C12H24N4O. The maximum atomic E-state index is 5.57. The van der Waals surface area contributed by atoms with Gasteiger partial charge >= 0.3 is 0 Å². The Kier molecular flexibility index (Phi) is 5.08. The second-order valence-electron chi connectivity index (χ2n) is 4.82. The van der Waals surface area contributed by atoms with Crippen LogP contribution in [0.2, 0.25) is 0 Å². The number of hydrogen-bond donors (Lipinski definition) is 1. The summed E-state index contributed by atoms with van der Waals surface area (Å²) in [5, 5.41) is 7.61. The molecular weight excluding hydrogens is 216 g/mol. The molecule has 1 N–H and O–H groups in total. The van der Waals surface area contributed by atoms with Gasteiger partial charge in [-0.25, -0.2) is 4.98 Å². The first kappa shape index (κ1) is 14.1. The second kappa shape index (κ2) is 6.12. The zero-order valence-corrected chi connectivity index (χ0v) is 11.5. The van der Waals surface area contributed by atoms with E-state index in [4.69, 9.17) is 4.74 Å². The summed E-state index contributed by atoms with van der Waals surface area (Å²) in [6, 6.07) is 0.232. The van der Waals surface area contributed by atoms with Gasteiger partial charge in [0.1, 0.15) is 12.2 Å². The van der Waals surface area contributed by atoms with Crippen molar-refractivity contribution in [1.82, 2.24) is 20.1 Å². The van der Waals surface area contributed by atoms with Gasteiger partial charge in [0.25, 0.3) is 0 Å². The second-order valence-corrected chi connectivity index (χ2v) is 4.82. The SMILES string of the molecule is CCCNC(Cc1ncnn1C)C(C)(C)OC. The summed E-state index contributed by atoms with van der Waals surface area (Å²) in [5.74, 6) is 0.976. The zero-order valence-electron chi connectivity index (χ0n) is 11.5.